The molecule has 1 aliphatic rings. The van der Waals surface area contributed by atoms with E-state index in [4.69, 9.17) is 5.11 Å². The van der Waals surface area contributed by atoms with Crippen LogP contribution in [-0.2, 0) is 9.59 Å². The maximum Gasteiger partial charge on any atom is 0.307 e. The normalized spacial score (nSPS) is 21.5. The van der Waals surface area contributed by atoms with E-state index in [0.29, 0.717) is 18.5 Å². The Kier molecular flexibility index (Phi) is 4.54. The molecule has 20 heavy (non-hydrogen) atoms. The number of nitrogens with one attached hydrogen (secondary N) is 1. The van der Waals surface area contributed by atoms with Crippen molar-refractivity contribution < 1.29 is 19.1 Å². The van der Waals surface area contributed by atoms with Gasteiger partial charge in [0.1, 0.15) is 5.82 Å². The van der Waals surface area contributed by atoms with Crippen LogP contribution in [0.4, 0.5) is 10.1 Å². The Bertz CT molecular complexity index is 574. The van der Waals surface area contributed by atoms with Crippen LogP contribution in [0.1, 0.15) is 12.8 Å². The molecule has 2 N–H and O–H groups in total. The average Bonchev–Trinajstić information content (AvgIpc) is 2.43. The molecule has 0 aromatic heterocycles. The summed E-state index contributed by atoms with van der Waals surface area (Å²) >= 11 is 3.04. The summed E-state index contributed by atoms with van der Waals surface area (Å²) in [6, 6.07) is 4.11. The number of carboxylic acid groups (broad SMARTS) is 1. The number of allylic oxidation sites excluding steroid dienone is 2. The van der Waals surface area contributed by atoms with E-state index in [-0.39, 0.29) is 10.4 Å². The van der Waals surface area contributed by atoms with Gasteiger partial charge < -0.3 is 10.4 Å². The molecule has 106 valence electrons. The molecular formula is C14H13BrFNO3. The predicted octanol–water partition coefficient (Wildman–Crippen LogP) is 3.19. The maximum atomic E-state index is 13.1. The smallest absolute Gasteiger partial charge is 0.307 e. The molecule has 2 atom stereocenters. The highest BCUT2D eigenvalue weighted by Crippen LogP contribution is 2.28. The summed E-state index contributed by atoms with van der Waals surface area (Å²) in [5.74, 6) is -3.09. The van der Waals surface area contributed by atoms with E-state index >= 15 is 0 Å². The second kappa shape index (κ2) is 6.17. The molecule has 4 nitrogen and oxygen atoms in total. The topological polar surface area (TPSA) is 66.4 Å². The number of halogens is 2. The summed E-state index contributed by atoms with van der Waals surface area (Å²) in [7, 11) is 0. The zero-order valence-corrected chi connectivity index (χ0v) is 12.1. The SMILES string of the molecule is O=C(O)C1CC=CCC1C(=O)Nc1ccc(F)c(Br)c1. The van der Waals surface area contributed by atoms with E-state index in [9.17, 15) is 14.0 Å². The molecule has 6 heteroatoms. The first-order chi connectivity index (χ1) is 9.49. The molecule has 1 aliphatic carbocycles. The Hall–Kier alpha value is -1.69. The van der Waals surface area contributed by atoms with Crippen molar-refractivity contribution in [3.8, 4) is 0 Å². The molecule has 0 saturated heterocycles. The molecule has 0 aliphatic heterocycles. The highest BCUT2D eigenvalue weighted by molar-refractivity contribution is 9.10. The number of carbonyl (C=O) groups is 2. The average molecular weight is 342 g/mol. The summed E-state index contributed by atoms with van der Waals surface area (Å²) in [4.78, 5) is 23.3. The van der Waals surface area contributed by atoms with Crippen LogP contribution in [0.5, 0.6) is 0 Å². The largest absolute Gasteiger partial charge is 0.481 e. The summed E-state index contributed by atoms with van der Waals surface area (Å²) in [5, 5.41) is 11.8. The molecule has 2 rings (SSSR count). The Balaban J connectivity index is 2.12. The van der Waals surface area contributed by atoms with Crippen molar-refractivity contribution in [2.45, 2.75) is 12.8 Å². The standard InChI is InChI=1S/C14H13BrFNO3/c15-11-7-8(5-6-12(11)16)17-13(18)9-3-1-2-4-10(9)14(19)20/h1-2,5-7,9-10H,3-4H2,(H,17,18)(H,19,20). The van der Waals surface area contributed by atoms with Crippen LogP contribution in [0.3, 0.4) is 0 Å². The summed E-state index contributed by atoms with van der Waals surface area (Å²) in [6.07, 6.45) is 4.33. The predicted molar refractivity (Wildman–Crippen MR) is 75.7 cm³/mol. The lowest BCUT2D eigenvalue weighted by atomic mass is 9.82. The van der Waals surface area contributed by atoms with Gasteiger partial charge >= 0.3 is 5.97 Å². The zero-order chi connectivity index (χ0) is 14.7. The number of amides is 1. The molecule has 0 saturated carbocycles. The van der Waals surface area contributed by atoms with Crippen molar-refractivity contribution in [3.63, 3.8) is 0 Å². The number of carboxylic acids is 1. The van der Waals surface area contributed by atoms with Crippen LogP contribution in [0.15, 0.2) is 34.8 Å². The second-order valence-electron chi connectivity index (χ2n) is 4.61. The van der Waals surface area contributed by atoms with Gasteiger partial charge in [-0.25, -0.2) is 4.39 Å². The van der Waals surface area contributed by atoms with Crippen LogP contribution >= 0.6 is 15.9 Å². The monoisotopic (exact) mass is 341 g/mol. The number of carbonyl (C=O) groups excluding carboxylic acids is 1. The minimum absolute atomic E-state index is 0.244. The lowest BCUT2D eigenvalue weighted by Crippen LogP contribution is -2.34. The molecule has 2 unspecified atom stereocenters. The lowest BCUT2D eigenvalue weighted by molar-refractivity contribution is -0.146. The summed E-state index contributed by atoms with van der Waals surface area (Å²) in [5.41, 5.74) is 0.432. The van der Waals surface area contributed by atoms with Crippen molar-refractivity contribution in [3.05, 3.63) is 40.6 Å². The van der Waals surface area contributed by atoms with Crippen LogP contribution in [0.2, 0.25) is 0 Å². The van der Waals surface area contributed by atoms with Gasteiger partial charge in [-0.2, -0.15) is 0 Å². The van der Waals surface area contributed by atoms with Crippen molar-refractivity contribution >= 4 is 33.5 Å². The van der Waals surface area contributed by atoms with Crippen molar-refractivity contribution in [2.24, 2.45) is 11.8 Å². The van der Waals surface area contributed by atoms with Gasteiger partial charge in [0.2, 0.25) is 5.91 Å². The number of rotatable bonds is 3. The first-order valence-electron chi connectivity index (χ1n) is 6.12. The number of benzene rings is 1. The fourth-order valence-electron chi connectivity index (χ4n) is 2.19. The van der Waals surface area contributed by atoms with Gasteiger partial charge in [0, 0.05) is 5.69 Å². The first-order valence-corrected chi connectivity index (χ1v) is 6.92. The minimum atomic E-state index is -0.977. The second-order valence-corrected chi connectivity index (χ2v) is 5.47. The van der Waals surface area contributed by atoms with Gasteiger partial charge in [-0.1, -0.05) is 12.2 Å². The van der Waals surface area contributed by atoms with Gasteiger partial charge in [0.05, 0.1) is 16.3 Å². The van der Waals surface area contributed by atoms with E-state index in [1.54, 1.807) is 6.08 Å². The number of aliphatic carboxylic acids is 1. The summed E-state index contributed by atoms with van der Waals surface area (Å²) in [6.45, 7) is 0. The van der Waals surface area contributed by atoms with E-state index in [2.05, 4.69) is 21.2 Å². The third-order valence-corrected chi connectivity index (χ3v) is 3.88. The van der Waals surface area contributed by atoms with Gasteiger partial charge in [-0.05, 0) is 47.0 Å². The van der Waals surface area contributed by atoms with Gasteiger partial charge in [0.25, 0.3) is 0 Å². The number of anilines is 1. The minimum Gasteiger partial charge on any atom is -0.481 e. The Morgan fingerprint density at radius 2 is 1.90 bits per heavy atom. The van der Waals surface area contributed by atoms with E-state index < -0.39 is 23.6 Å². The third kappa shape index (κ3) is 3.25. The number of hydrogen-bond acceptors (Lipinski definition) is 2. The van der Waals surface area contributed by atoms with Crippen LogP contribution in [0, 0.1) is 17.7 Å². The molecule has 0 spiro atoms. The zero-order valence-electron chi connectivity index (χ0n) is 10.5. The molecule has 1 aromatic rings. The fourth-order valence-corrected chi connectivity index (χ4v) is 2.56. The van der Waals surface area contributed by atoms with Gasteiger partial charge in [-0.3, -0.25) is 9.59 Å². The van der Waals surface area contributed by atoms with Crippen LogP contribution in [0.25, 0.3) is 0 Å². The molecule has 0 heterocycles. The first kappa shape index (κ1) is 14.7. The van der Waals surface area contributed by atoms with E-state index in [1.807, 2.05) is 6.08 Å². The van der Waals surface area contributed by atoms with Crippen LogP contribution in [-0.4, -0.2) is 17.0 Å². The van der Waals surface area contributed by atoms with Crippen molar-refractivity contribution in [2.75, 3.05) is 5.32 Å². The summed E-state index contributed by atoms with van der Waals surface area (Å²) < 4.78 is 13.4. The highest BCUT2D eigenvalue weighted by atomic mass is 79.9. The van der Waals surface area contributed by atoms with E-state index in [1.165, 1.54) is 18.2 Å². The molecule has 1 aromatic carbocycles. The maximum absolute atomic E-state index is 13.1. The molecule has 0 radical (unpaired) electrons. The van der Waals surface area contributed by atoms with Crippen molar-refractivity contribution in [1.29, 1.82) is 0 Å². The Morgan fingerprint density at radius 1 is 1.25 bits per heavy atom. The highest BCUT2D eigenvalue weighted by Gasteiger charge is 2.33. The molecule has 0 bridgehead atoms. The van der Waals surface area contributed by atoms with E-state index in [0.717, 1.165) is 0 Å². The van der Waals surface area contributed by atoms with Crippen molar-refractivity contribution in [1.82, 2.24) is 0 Å². The third-order valence-electron chi connectivity index (χ3n) is 3.27. The number of hydrogen-bond donors (Lipinski definition) is 2. The quantitative estimate of drug-likeness (QED) is 0.829. The molecular weight excluding hydrogens is 329 g/mol. The Labute approximate surface area is 123 Å². The fraction of sp³-hybridized carbons (Fsp3) is 0.286. The van der Waals surface area contributed by atoms with Crippen LogP contribution < -0.4 is 5.32 Å². The lowest BCUT2D eigenvalue weighted by Gasteiger charge is -2.24. The molecule has 0 fully saturated rings. The molecule has 1 amide bonds. The Morgan fingerprint density at radius 3 is 2.50 bits per heavy atom. The van der Waals surface area contributed by atoms with Gasteiger partial charge in [-0.15, -0.1) is 0 Å². The van der Waals surface area contributed by atoms with Gasteiger partial charge in [0.15, 0.2) is 0 Å².